The van der Waals surface area contributed by atoms with E-state index in [-0.39, 0.29) is 25.3 Å². The Labute approximate surface area is 164 Å². The van der Waals surface area contributed by atoms with E-state index in [0.717, 1.165) is 10.0 Å². The molecule has 1 fully saturated rings. The molecular formula is C17H20BrClN2O5. The van der Waals surface area contributed by atoms with Crippen molar-refractivity contribution < 1.29 is 24.2 Å². The first-order valence-corrected chi connectivity index (χ1v) is 9.17. The maximum absolute atomic E-state index is 12.6. The number of benzene rings is 1. The van der Waals surface area contributed by atoms with Gasteiger partial charge in [-0.15, -0.1) is 0 Å². The van der Waals surface area contributed by atoms with Gasteiger partial charge in [0.2, 0.25) is 11.8 Å². The fraction of sp³-hybridized carbons (Fsp3) is 0.471. The molecule has 1 heterocycles. The van der Waals surface area contributed by atoms with E-state index < -0.39 is 30.1 Å². The molecule has 0 saturated carbocycles. The Balaban J connectivity index is 2.17. The standard InChI is InChI=1S/C17H20BrClN2O5/c1-9(22)21-8-12(23)7-15(21)16(24)20-14(17(25)26-2)6-10-5-11(19)3-4-13(10)18/h3-5,12,14-15,23H,6-8H2,1-2H3,(H,20,24)/t12-,14-,15+/m1/s1. The quantitative estimate of drug-likeness (QED) is 0.663. The van der Waals surface area contributed by atoms with Crippen molar-refractivity contribution in [3.05, 3.63) is 33.3 Å². The topological polar surface area (TPSA) is 95.9 Å². The molecule has 1 aromatic carbocycles. The van der Waals surface area contributed by atoms with Gasteiger partial charge in [0, 0.05) is 35.8 Å². The average molecular weight is 448 g/mol. The van der Waals surface area contributed by atoms with Crippen LogP contribution >= 0.6 is 27.5 Å². The third kappa shape index (κ3) is 4.96. The molecule has 1 saturated heterocycles. The summed E-state index contributed by atoms with van der Waals surface area (Å²) in [7, 11) is 1.23. The molecular weight excluding hydrogens is 428 g/mol. The first-order valence-electron chi connectivity index (χ1n) is 8.00. The maximum atomic E-state index is 12.6. The van der Waals surface area contributed by atoms with Gasteiger partial charge in [-0.2, -0.15) is 0 Å². The first kappa shape index (κ1) is 20.7. The van der Waals surface area contributed by atoms with Gasteiger partial charge >= 0.3 is 5.97 Å². The smallest absolute Gasteiger partial charge is 0.328 e. The molecule has 0 bridgehead atoms. The molecule has 142 valence electrons. The van der Waals surface area contributed by atoms with Gasteiger partial charge in [-0.1, -0.05) is 27.5 Å². The number of ether oxygens (including phenoxy) is 1. The average Bonchev–Trinajstić information content (AvgIpc) is 2.99. The third-order valence-corrected chi connectivity index (χ3v) is 5.23. The Hall–Kier alpha value is -1.64. The minimum atomic E-state index is -0.950. The number of nitrogens with one attached hydrogen (secondary N) is 1. The zero-order valence-corrected chi connectivity index (χ0v) is 16.7. The molecule has 2 rings (SSSR count). The van der Waals surface area contributed by atoms with E-state index in [4.69, 9.17) is 16.3 Å². The normalized spacial score (nSPS) is 20.6. The molecule has 2 amide bonds. The molecule has 7 nitrogen and oxygen atoms in total. The minimum Gasteiger partial charge on any atom is -0.467 e. The van der Waals surface area contributed by atoms with Crippen LogP contribution in [0.5, 0.6) is 0 Å². The molecule has 2 N–H and O–H groups in total. The van der Waals surface area contributed by atoms with Crippen molar-refractivity contribution in [2.24, 2.45) is 0 Å². The molecule has 0 aromatic heterocycles. The summed E-state index contributed by atoms with van der Waals surface area (Å²) < 4.78 is 5.52. The Kier molecular flexibility index (Phi) is 7.02. The van der Waals surface area contributed by atoms with Gasteiger partial charge in [-0.3, -0.25) is 9.59 Å². The number of halogens is 2. The molecule has 0 unspecified atom stereocenters. The Morgan fingerprint density at radius 2 is 2.15 bits per heavy atom. The summed E-state index contributed by atoms with van der Waals surface area (Å²) in [6, 6.07) is 3.37. The highest BCUT2D eigenvalue weighted by Crippen LogP contribution is 2.23. The van der Waals surface area contributed by atoms with Gasteiger partial charge in [0.1, 0.15) is 12.1 Å². The van der Waals surface area contributed by atoms with Crippen molar-refractivity contribution in [3.8, 4) is 0 Å². The van der Waals surface area contributed by atoms with Crippen molar-refractivity contribution in [3.63, 3.8) is 0 Å². The van der Waals surface area contributed by atoms with E-state index in [1.807, 2.05) is 0 Å². The van der Waals surface area contributed by atoms with E-state index >= 15 is 0 Å². The molecule has 0 radical (unpaired) electrons. The fourth-order valence-corrected chi connectivity index (χ4v) is 3.54. The monoisotopic (exact) mass is 446 g/mol. The number of amides is 2. The van der Waals surface area contributed by atoms with Gasteiger partial charge in [-0.05, 0) is 23.8 Å². The lowest BCUT2D eigenvalue weighted by atomic mass is 10.0. The number of rotatable bonds is 5. The van der Waals surface area contributed by atoms with Crippen LogP contribution in [0.3, 0.4) is 0 Å². The highest BCUT2D eigenvalue weighted by atomic mass is 79.9. The van der Waals surface area contributed by atoms with Gasteiger partial charge in [0.05, 0.1) is 13.2 Å². The van der Waals surface area contributed by atoms with Crippen LogP contribution in [0.15, 0.2) is 22.7 Å². The largest absolute Gasteiger partial charge is 0.467 e. The van der Waals surface area contributed by atoms with Crippen molar-refractivity contribution in [1.29, 1.82) is 0 Å². The summed E-state index contributed by atoms with van der Waals surface area (Å²) in [6.45, 7) is 1.43. The molecule has 1 aromatic rings. The Morgan fingerprint density at radius 3 is 2.77 bits per heavy atom. The predicted molar refractivity (Wildman–Crippen MR) is 98.6 cm³/mol. The van der Waals surface area contributed by atoms with Crippen LogP contribution < -0.4 is 5.32 Å². The molecule has 26 heavy (non-hydrogen) atoms. The van der Waals surface area contributed by atoms with E-state index in [9.17, 15) is 19.5 Å². The molecule has 0 spiro atoms. The summed E-state index contributed by atoms with van der Waals surface area (Å²) >= 11 is 9.39. The number of nitrogens with zero attached hydrogens (tertiary/aromatic N) is 1. The van der Waals surface area contributed by atoms with E-state index in [2.05, 4.69) is 21.2 Å². The lowest BCUT2D eigenvalue weighted by molar-refractivity contribution is -0.146. The number of esters is 1. The van der Waals surface area contributed by atoms with Gasteiger partial charge < -0.3 is 20.1 Å². The summed E-state index contributed by atoms with van der Waals surface area (Å²) in [6.07, 6.45) is -0.483. The number of aliphatic hydroxyl groups is 1. The van der Waals surface area contributed by atoms with E-state index in [0.29, 0.717) is 5.02 Å². The van der Waals surface area contributed by atoms with Crippen molar-refractivity contribution >= 4 is 45.3 Å². The zero-order valence-electron chi connectivity index (χ0n) is 14.4. The molecule has 1 aliphatic heterocycles. The number of carbonyl (C=O) groups is 3. The number of likely N-dealkylation sites (tertiary alicyclic amines) is 1. The van der Waals surface area contributed by atoms with Crippen molar-refractivity contribution in [2.75, 3.05) is 13.7 Å². The lowest BCUT2D eigenvalue weighted by Crippen LogP contribution is -2.51. The lowest BCUT2D eigenvalue weighted by Gasteiger charge is -2.24. The van der Waals surface area contributed by atoms with Crippen LogP contribution in [0.1, 0.15) is 18.9 Å². The SMILES string of the molecule is COC(=O)[C@@H](Cc1cc(Cl)ccc1Br)NC(=O)[C@@H]1C[C@@H](O)CN1C(C)=O. The number of hydrogen-bond acceptors (Lipinski definition) is 5. The zero-order chi connectivity index (χ0) is 19.4. The second-order valence-corrected chi connectivity index (χ2v) is 7.39. The number of hydrogen-bond donors (Lipinski definition) is 2. The van der Waals surface area contributed by atoms with Crippen molar-refractivity contribution in [2.45, 2.75) is 38.0 Å². The second kappa shape index (κ2) is 8.83. The minimum absolute atomic E-state index is 0.0934. The van der Waals surface area contributed by atoms with Gasteiger partial charge in [-0.25, -0.2) is 4.79 Å². The third-order valence-electron chi connectivity index (χ3n) is 4.22. The highest BCUT2D eigenvalue weighted by Gasteiger charge is 2.39. The summed E-state index contributed by atoms with van der Waals surface area (Å²) in [5, 5.41) is 12.9. The van der Waals surface area contributed by atoms with Crippen LogP contribution in [0, 0.1) is 0 Å². The summed E-state index contributed by atoms with van der Waals surface area (Å²) in [5.41, 5.74) is 0.725. The second-order valence-electron chi connectivity index (χ2n) is 6.10. The van der Waals surface area contributed by atoms with E-state index in [1.54, 1.807) is 18.2 Å². The molecule has 1 aliphatic rings. The Bertz CT molecular complexity index is 714. The first-order chi connectivity index (χ1) is 12.2. The van der Waals surface area contributed by atoms with Gasteiger partial charge in [0.15, 0.2) is 0 Å². The number of aliphatic hydroxyl groups excluding tert-OH is 1. The fourth-order valence-electron chi connectivity index (χ4n) is 2.93. The maximum Gasteiger partial charge on any atom is 0.328 e. The summed E-state index contributed by atoms with van der Waals surface area (Å²) in [4.78, 5) is 37.7. The molecule has 3 atom stereocenters. The molecule has 9 heteroatoms. The van der Waals surface area contributed by atoms with Crippen LogP contribution in [0.4, 0.5) is 0 Å². The summed E-state index contributed by atoms with van der Waals surface area (Å²) in [5.74, 6) is -1.43. The predicted octanol–water partition coefficient (Wildman–Crippen LogP) is 1.28. The Morgan fingerprint density at radius 1 is 1.46 bits per heavy atom. The van der Waals surface area contributed by atoms with E-state index in [1.165, 1.54) is 18.9 Å². The number of carbonyl (C=O) groups excluding carboxylic acids is 3. The van der Waals surface area contributed by atoms with Crippen LogP contribution in [-0.4, -0.2) is 59.6 Å². The van der Waals surface area contributed by atoms with Gasteiger partial charge in [0.25, 0.3) is 0 Å². The van der Waals surface area contributed by atoms with Crippen LogP contribution in [0.2, 0.25) is 5.02 Å². The van der Waals surface area contributed by atoms with Crippen LogP contribution in [0.25, 0.3) is 0 Å². The van der Waals surface area contributed by atoms with Crippen LogP contribution in [-0.2, 0) is 25.5 Å². The number of methoxy groups -OCH3 is 1. The number of β-amino-alcohol motifs (C(OH)–C–C–N with tert-alkyl or cyclic N) is 1. The van der Waals surface area contributed by atoms with Crippen molar-refractivity contribution in [1.82, 2.24) is 10.2 Å². The highest BCUT2D eigenvalue weighted by molar-refractivity contribution is 9.10. The molecule has 0 aliphatic carbocycles.